The van der Waals surface area contributed by atoms with Crippen LogP contribution in [0.4, 0.5) is 0 Å². The quantitative estimate of drug-likeness (QED) is 0.0606. The van der Waals surface area contributed by atoms with Crippen molar-refractivity contribution >= 4 is 11.8 Å². The number of carbonyl (C=O) groups excluding carboxylic acids is 2. The highest BCUT2D eigenvalue weighted by molar-refractivity contribution is 5.73. The molecule has 6 aliphatic rings. The standard InChI is InChI=1S/C40H68N2O29/c1-11(48)41-13-9-61-18(7-46)33(23(13)51)69-37-22(42-12(2)49)28(56)34(19(8-47)66-37)70-39-32(60)35(27(55)20(67-39)10-62-38-31(59)29(57)25(53)16(5-44)64-38)71-40-36(30(58)26(54)17(6-45)65-40)68-21-3-14(50)24(52)15(4-43)63-21/h13-40,43-47,50-60H,3-10H2,1-2H3,(H,41,48)(H,42,49)/t13-,14+,15+,16+,17+,18+,19+,20+,21+,22+,23+,24-,25+,26+,27+,28+,29-,30-,31-,32-,33+,34+,35-,36-,37-,38-,39-,40+/m0/s1. The van der Waals surface area contributed by atoms with Gasteiger partial charge in [0, 0.05) is 20.3 Å². The Hall–Kier alpha value is -2.14. The molecule has 0 spiro atoms. The van der Waals surface area contributed by atoms with Crippen LogP contribution in [0.1, 0.15) is 20.3 Å². The fourth-order valence-electron chi connectivity index (χ4n) is 9.13. The summed E-state index contributed by atoms with van der Waals surface area (Å²) in [4.78, 5) is 24.4. The molecule has 31 heteroatoms. The molecule has 0 aromatic carbocycles. The van der Waals surface area contributed by atoms with Crippen molar-refractivity contribution in [2.75, 3.05) is 46.2 Å². The van der Waals surface area contributed by atoms with Gasteiger partial charge in [-0.15, -0.1) is 0 Å². The van der Waals surface area contributed by atoms with E-state index in [2.05, 4.69) is 10.6 Å². The lowest BCUT2D eigenvalue weighted by Gasteiger charge is -2.50. The third-order valence-electron chi connectivity index (χ3n) is 13.0. The van der Waals surface area contributed by atoms with Crippen LogP contribution in [0.3, 0.4) is 0 Å². The van der Waals surface area contributed by atoms with Gasteiger partial charge >= 0.3 is 0 Å². The second-order valence-corrected chi connectivity index (χ2v) is 18.0. The summed E-state index contributed by atoms with van der Waals surface area (Å²) in [5, 5.41) is 176. The van der Waals surface area contributed by atoms with E-state index in [-0.39, 0.29) is 6.61 Å². The molecule has 6 saturated heterocycles. The molecule has 31 nitrogen and oxygen atoms in total. The van der Waals surface area contributed by atoms with Crippen molar-refractivity contribution < 1.29 is 143 Å². The average molecular weight is 1040 g/mol. The fraction of sp³-hybridized carbons (Fsp3) is 0.950. The van der Waals surface area contributed by atoms with E-state index >= 15 is 0 Å². The van der Waals surface area contributed by atoms with E-state index in [0.717, 1.165) is 6.92 Å². The van der Waals surface area contributed by atoms with Crippen molar-refractivity contribution in [1.82, 2.24) is 10.6 Å². The maximum absolute atomic E-state index is 12.6. The Balaban J connectivity index is 1.29. The minimum absolute atomic E-state index is 0.248. The molecule has 412 valence electrons. The summed E-state index contributed by atoms with van der Waals surface area (Å²) in [6.07, 6.45) is -46.9. The molecule has 71 heavy (non-hydrogen) atoms. The van der Waals surface area contributed by atoms with Gasteiger partial charge in [0.15, 0.2) is 31.5 Å². The molecule has 2 amide bonds. The maximum atomic E-state index is 12.6. The largest absolute Gasteiger partial charge is 0.394 e. The highest BCUT2D eigenvalue weighted by atomic mass is 16.8. The Bertz CT molecular complexity index is 1680. The summed E-state index contributed by atoms with van der Waals surface area (Å²) in [5.41, 5.74) is 0. The average Bonchev–Trinajstić information content (AvgIpc) is 3.33. The number of amides is 2. The number of rotatable bonds is 18. The van der Waals surface area contributed by atoms with Crippen LogP contribution in [0.5, 0.6) is 0 Å². The van der Waals surface area contributed by atoms with Crippen LogP contribution in [0.2, 0.25) is 0 Å². The first-order valence-corrected chi connectivity index (χ1v) is 22.9. The molecular weight excluding hydrogens is 972 g/mol. The number of aliphatic hydroxyl groups is 16. The molecule has 6 fully saturated rings. The van der Waals surface area contributed by atoms with E-state index in [1.54, 1.807) is 0 Å². The van der Waals surface area contributed by atoms with Crippen LogP contribution in [0.15, 0.2) is 0 Å². The lowest BCUT2D eigenvalue weighted by atomic mass is 9.94. The summed E-state index contributed by atoms with van der Waals surface area (Å²) in [6.45, 7) is -3.23. The van der Waals surface area contributed by atoms with E-state index in [1.165, 1.54) is 6.92 Å². The minimum Gasteiger partial charge on any atom is -0.394 e. The number of carbonyl (C=O) groups is 2. The zero-order valence-corrected chi connectivity index (χ0v) is 38.3. The zero-order valence-electron chi connectivity index (χ0n) is 38.3. The van der Waals surface area contributed by atoms with E-state index < -0.39 is 230 Å². The molecule has 0 aliphatic carbocycles. The van der Waals surface area contributed by atoms with E-state index in [1.807, 2.05) is 0 Å². The summed E-state index contributed by atoms with van der Waals surface area (Å²) in [7, 11) is 0. The molecule has 6 aliphatic heterocycles. The molecule has 6 rings (SSSR count). The normalized spacial score (nSPS) is 48.7. The van der Waals surface area contributed by atoms with Crippen molar-refractivity contribution in [2.24, 2.45) is 0 Å². The Kier molecular flexibility index (Phi) is 21.0. The topological polar surface area (TPSA) is 483 Å². The predicted molar refractivity (Wildman–Crippen MR) is 220 cm³/mol. The Morgan fingerprint density at radius 2 is 0.972 bits per heavy atom. The van der Waals surface area contributed by atoms with E-state index in [0.29, 0.717) is 0 Å². The smallest absolute Gasteiger partial charge is 0.217 e. The van der Waals surface area contributed by atoms with Crippen molar-refractivity contribution in [2.45, 2.75) is 192 Å². The SMILES string of the molecule is CC(=O)N[C@H]1[C@H](O[C@H]2[C@H](O)[C@@H](NC(C)=O)CO[C@@H]2CO)O[C@H](CO)[C@@H](O[C@@H]2O[C@H](CO[C@H]3O[C@H](CO)[C@@H](O)[C@H](O)[C@@H]3O)[C@@H](O)[C@H](O[C@H]3O[C@H](CO)[C@@H](O)[C@H](O)[C@@H]3O[C@@H]3C[C@@H](O)[C@H](O)[C@@H](CO)O3)[C@@H]2O)[C@@H]1O. The van der Waals surface area contributed by atoms with E-state index in [4.69, 9.17) is 52.1 Å². The van der Waals surface area contributed by atoms with Crippen molar-refractivity contribution in [3.05, 3.63) is 0 Å². The van der Waals surface area contributed by atoms with Gasteiger partial charge in [-0.1, -0.05) is 0 Å². The number of hydrogen-bond donors (Lipinski definition) is 18. The highest BCUT2D eigenvalue weighted by Crippen LogP contribution is 2.36. The first-order chi connectivity index (χ1) is 33.7. The third kappa shape index (κ3) is 13.1. The van der Waals surface area contributed by atoms with Crippen LogP contribution < -0.4 is 10.6 Å². The Morgan fingerprint density at radius 3 is 1.58 bits per heavy atom. The van der Waals surface area contributed by atoms with Gasteiger partial charge in [-0.05, 0) is 0 Å². The van der Waals surface area contributed by atoms with Crippen molar-refractivity contribution in [3.8, 4) is 0 Å². The number of hydrogen-bond acceptors (Lipinski definition) is 29. The molecule has 0 saturated carbocycles. The Labute approximate surface area is 403 Å². The van der Waals surface area contributed by atoms with Crippen molar-refractivity contribution in [3.63, 3.8) is 0 Å². The summed E-state index contributed by atoms with van der Waals surface area (Å²) >= 11 is 0. The van der Waals surface area contributed by atoms with Crippen LogP contribution >= 0.6 is 0 Å². The zero-order chi connectivity index (χ0) is 52.2. The van der Waals surface area contributed by atoms with E-state index in [9.17, 15) is 91.3 Å². The lowest BCUT2D eigenvalue weighted by Crippen LogP contribution is -2.70. The molecule has 28 atom stereocenters. The van der Waals surface area contributed by atoms with Gasteiger partial charge in [0.2, 0.25) is 11.8 Å². The fourth-order valence-corrected chi connectivity index (χ4v) is 9.13. The minimum atomic E-state index is -2.25. The number of nitrogens with one attached hydrogen (secondary N) is 2. The van der Waals surface area contributed by atoms with Gasteiger partial charge in [0.25, 0.3) is 0 Å². The molecule has 0 bridgehead atoms. The molecule has 0 unspecified atom stereocenters. The van der Waals surface area contributed by atoms with Gasteiger partial charge in [-0.2, -0.15) is 0 Å². The molecular formula is C40H68N2O29. The van der Waals surface area contributed by atoms with Gasteiger partial charge in [0.1, 0.15) is 128 Å². The van der Waals surface area contributed by atoms with Crippen LogP contribution in [0.25, 0.3) is 0 Å². The summed E-state index contributed by atoms with van der Waals surface area (Å²) in [5.74, 6) is -1.33. The maximum Gasteiger partial charge on any atom is 0.217 e. The molecule has 6 heterocycles. The first-order valence-electron chi connectivity index (χ1n) is 22.9. The number of ether oxygens (including phenoxy) is 11. The summed E-state index contributed by atoms with van der Waals surface area (Å²) in [6, 6.07) is -2.73. The van der Waals surface area contributed by atoms with Gasteiger partial charge < -0.3 is 144 Å². The third-order valence-corrected chi connectivity index (χ3v) is 13.0. The van der Waals surface area contributed by atoms with Gasteiger partial charge in [-0.25, -0.2) is 0 Å². The second-order valence-electron chi connectivity index (χ2n) is 18.0. The molecule has 18 N–H and O–H groups in total. The van der Waals surface area contributed by atoms with Crippen LogP contribution in [-0.2, 0) is 61.7 Å². The Morgan fingerprint density at radius 1 is 0.451 bits per heavy atom. The lowest BCUT2D eigenvalue weighted by molar-refractivity contribution is -0.392. The molecule has 0 radical (unpaired) electrons. The molecule has 0 aromatic rings. The second kappa shape index (κ2) is 25.6. The van der Waals surface area contributed by atoms with Crippen LogP contribution in [-0.4, -0.2) is 311 Å². The van der Waals surface area contributed by atoms with Crippen LogP contribution in [0, 0.1) is 0 Å². The van der Waals surface area contributed by atoms with Gasteiger partial charge in [0.05, 0.1) is 58.4 Å². The monoisotopic (exact) mass is 1040 g/mol. The molecule has 0 aromatic heterocycles. The summed E-state index contributed by atoms with van der Waals surface area (Å²) < 4.78 is 63.8. The first kappa shape index (κ1) is 58.1. The van der Waals surface area contributed by atoms with Crippen molar-refractivity contribution in [1.29, 1.82) is 0 Å². The predicted octanol–water partition coefficient (Wildman–Crippen LogP) is -12.1. The number of aliphatic hydroxyl groups excluding tert-OH is 16. The highest BCUT2D eigenvalue weighted by Gasteiger charge is 2.57. The van der Waals surface area contributed by atoms with Gasteiger partial charge in [-0.3, -0.25) is 9.59 Å².